The second-order valence-electron chi connectivity index (χ2n) is 6.47. The van der Waals surface area contributed by atoms with Gasteiger partial charge in [0.15, 0.2) is 0 Å². The van der Waals surface area contributed by atoms with Crippen LogP contribution in [0.2, 0.25) is 0 Å². The van der Waals surface area contributed by atoms with Crippen molar-refractivity contribution in [2.45, 2.75) is 31.2 Å². The van der Waals surface area contributed by atoms with Gasteiger partial charge in [-0.2, -0.15) is 0 Å². The molecule has 1 amide bonds. The Labute approximate surface area is 153 Å². The lowest BCUT2D eigenvalue weighted by molar-refractivity contribution is -0.117. The SMILES string of the molecule is COc1ccc(S(=O)(=O)N[C@H]2CC(=O)N(c3ccc(C)c(C)c3)C2)cc1. The van der Waals surface area contributed by atoms with Crippen LogP contribution in [0.3, 0.4) is 0 Å². The Hall–Kier alpha value is -2.38. The van der Waals surface area contributed by atoms with E-state index in [4.69, 9.17) is 4.74 Å². The van der Waals surface area contributed by atoms with Gasteiger partial charge in [0, 0.05) is 24.7 Å². The van der Waals surface area contributed by atoms with Gasteiger partial charge in [-0.25, -0.2) is 13.1 Å². The maximum absolute atomic E-state index is 12.6. The summed E-state index contributed by atoms with van der Waals surface area (Å²) in [6.07, 6.45) is 0.141. The largest absolute Gasteiger partial charge is 0.497 e. The lowest BCUT2D eigenvalue weighted by Gasteiger charge is -2.18. The van der Waals surface area contributed by atoms with E-state index in [0.29, 0.717) is 12.3 Å². The van der Waals surface area contributed by atoms with Crippen LogP contribution in [0.15, 0.2) is 47.4 Å². The van der Waals surface area contributed by atoms with Crippen LogP contribution in [-0.2, 0) is 14.8 Å². The van der Waals surface area contributed by atoms with E-state index >= 15 is 0 Å². The maximum Gasteiger partial charge on any atom is 0.240 e. The first-order valence-corrected chi connectivity index (χ1v) is 9.82. The van der Waals surface area contributed by atoms with E-state index in [0.717, 1.165) is 16.8 Å². The van der Waals surface area contributed by atoms with Gasteiger partial charge < -0.3 is 9.64 Å². The van der Waals surface area contributed by atoms with Crippen molar-refractivity contribution >= 4 is 21.6 Å². The van der Waals surface area contributed by atoms with Crippen molar-refractivity contribution in [1.29, 1.82) is 0 Å². The van der Waals surface area contributed by atoms with E-state index in [2.05, 4.69) is 4.72 Å². The topological polar surface area (TPSA) is 75.7 Å². The van der Waals surface area contributed by atoms with Crippen LogP contribution in [0.1, 0.15) is 17.5 Å². The Bertz CT molecular complexity index is 923. The number of carbonyl (C=O) groups is 1. The molecule has 0 spiro atoms. The number of benzene rings is 2. The summed E-state index contributed by atoms with van der Waals surface area (Å²) in [5, 5.41) is 0. The predicted octanol–water partition coefficient (Wildman–Crippen LogP) is 2.40. The summed E-state index contributed by atoms with van der Waals surface area (Å²) in [4.78, 5) is 14.1. The van der Waals surface area contributed by atoms with Crippen molar-refractivity contribution in [2.24, 2.45) is 0 Å². The fraction of sp³-hybridized carbons (Fsp3) is 0.316. The van der Waals surface area contributed by atoms with Crippen molar-refractivity contribution in [3.05, 3.63) is 53.6 Å². The number of hydrogen-bond donors (Lipinski definition) is 1. The average Bonchev–Trinajstić information content (AvgIpc) is 2.97. The zero-order valence-electron chi connectivity index (χ0n) is 15.0. The van der Waals surface area contributed by atoms with Gasteiger partial charge in [-0.05, 0) is 61.4 Å². The number of sulfonamides is 1. The molecule has 0 saturated carbocycles. The van der Waals surface area contributed by atoms with E-state index in [1.165, 1.54) is 19.2 Å². The number of anilines is 1. The molecule has 138 valence electrons. The summed E-state index contributed by atoms with van der Waals surface area (Å²) in [5.74, 6) is 0.497. The lowest BCUT2D eigenvalue weighted by atomic mass is 10.1. The van der Waals surface area contributed by atoms with Gasteiger partial charge in [-0.15, -0.1) is 0 Å². The molecule has 26 heavy (non-hydrogen) atoms. The van der Waals surface area contributed by atoms with Gasteiger partial charge in [0.1, 0.15) is 5.75 Å². The minimum absolute atomic E-state index is 0.0873. The third-order valence-corrected chi connectivity index (χ3v) is 6.16. The second kappa shape index (κ2) is 7.09. The van der Waals surface area contributed by atoms with Crippen LogP contribution in [-0.4, -0.2) is 34.0 Å². The standard InChI is InChI=1S/C19H22N2O4S/c1-13-4-5-16(10-14(13)2)21-12-15(11-19(21)22)20-26(23,24)18-8-6-17(25-3)7-9-18/h4-10,15,20H,11-12H2,1-3H3/t15-/m0/s1. The van der Waals surface area contributed by atoms with E-state index in [1.807, 2.05) is 32.0 Å². The quantitative estimate of drug-likeness (QED) is 0.872. The van der Waals surface area contributed by atoms with Crippen molar-refractivity contribution < 1.29 is 17.9 Å². The van der Waals surface area contributed by atoms with Gasteiger partial charge >= 0.3 is 0 Å². The number of methoxy groups -OCH3 is 1. The van der Waals surface area contributed by atoms with Crippen molar-refractivity contribution in [3.8, 4) is 5.75 Å². The molecule has 0 radical (unpaired) electrons. The van der Waals surface area contributed by atoms with Crippen molar-refractivity contribution in [3.63, 3.8) is 0 Å². The highest BCUT2D eigenvalue weighted by Crippen LogP contribution is 2.25. The first kappa shape index (κ1) is 18.4. The normalized spacial score (nSPS) is 17.6. The van der Waals surface area contributed by atoms with Gasteiger partial charge in [0.05, 0.1) is 12.0 Å². The molecule has 1 aliphatic rings. The molecule has 1 N–H and O–H groups in total. The number of hydrogen-bond acceptors (Lipinski definition) is 4. The maximum atomic E-state index is 12.6. The number of nitrogens with one attached hydrogen (secondary N) is 1. The van der Waals surface area contributed by atoms with E-state index in [1.54, 1.807) is 17.0 Å². The number of nitrogens with zero attached hydrogens (tertiary/aromatic N) is 1. The van der Waals surface area contributed by atoms with E-state index in [-0.39, 0.29) is 17.2 Å². The summed E-state index contributed by atoms with van der Waals surface area (Å²) < 4.78 is 32.8. The van der Waals surface area contributed by atoms with E-state index < -0.39 is 16.1 Å². The molecule has 0 aromatic heterocycles. The summed E-state index contributed by atoms with van der Waals surface area (Å²) in [6, 6.07) is 11.5. The Balaban J connectivity index is 1.74. The highest BCUT2D eigenvalue weighted by atomic mass is 32.2. The van der Waals surface area contributed by atoms with Gasteiger partial charge in [-0.3, -0.25) is 4.79 Å². The third kappa shape index (κ3) is 3.73. The molecule has 1 atom stereocenters. The predicted molar refractivity (Wildman–Crippen MR) is 100.0 cm³/mol. The second-order valence-corrected chi connectivity index (χ2v) is 8.18. The van der Waals surface area contributed by atoms with Gasteiger partial charge in [-0.1, -0.05) is 6.07 Å². The average molecular weight is 374 g/mol. The highest BCUT2D eigenvalue weighted by molar-refractivity contribution is 7.89. The number of ether oxygens (including phenoxy) is 1. The smallest absolute Gasteiger partial charge is 0.240 e. The lowest BCUT2D eigenvalue weighted by Crippen LogP contribution is -2.37. The van der Waals surface area contributed by atoms with Crippen molar-refractivity contribution in [1.82, 2.24) is 4.72 Å². The fourth-order valence-corrected chi connectivity index (χ4v) is 4.20. The molecule has 6 nitrogen and oxygen atoms in total. The number of aryl methyl sites for hydroxylation is 2. The number of amides is 1. The first-order chi connectivity index (χ1) is 12.3. The molecule has 1 saturated heterocycles. The molecule has 0 unspecified atom stereocenters. The molecule has 0 aliphatic carbocycles. The summed E-state index contributed by atoms with van der Waals surface area (Å²) in [7, 11) is -2.18. The van der Waals surface area contributed by atoms with E-state index in [9.17, 15) is 13.2 Å². The molecule has 7 heteroatoms. The molecule has 0 bridgehead atoms. The molecule has 1 aliphatic heterocycles. The summed E-state index contributed by atoms with van der Waals surface area (Å²) in [5.41, 5.74) is 3.04. The zero-order chi connectivity index (χ0) is 18.9. The van der Waals surface area contributed by atoms with Gasteiger partial charge in [0.2, 0.25) is 15.9 Å². The summed E-state index contributed by atoms with van der Waals surface area (Å²) in [6.45, 7) is 4.32. The molecular weight excluding hydrogens is 352 g/mol. The monoisotopic (exact) mass is 374 g/mol. The third-order valence-electron chi connectivity index (χ3n) is 4.62. The van der Waals surface area contributed by atoms with Crippen LogP contribution in [0, 0.1) is 13.8 Å². The van der Waals surface area contributed by atoms with Crippen LogP contribution >= 0.6 is 0 Å². The Kier molecular flexibility index (Phi) is 5.02. The molecule has 1 fully saturated rings. The Morgan fingerprint density at radius 1 is 1.08 bits per heavy atom. The minimum Gasteiger partial charge on any atom is -0.497 e. The molecule has 1 heterocycles. The molecule has 2 aromatic carbocycles. The minimum atomic E-state index is -3.70. The zero-order valence-corrected chi connectivity index (χ0v) is 15.8. The number of carbonyl (C=O) groups excluding carboxylic acids is 1. The molecule has 3 rings (SSSR count). The number of rotatable bonds is 5. The van der Waals surface area contributed by atoms with Crippen LogP contribution < -0.4 is 14.4 Å². The first-order valence-electron chi connectivity index (χ1n) is 8.34. The Morgan fingerprint density at radius 3 is 2.38 bits per heavy atom. The van der Waals surface area contributed by atoms with Crippen LogP contribution in [0.5, 0.6) is 5.75 Å². The van der Waals surface area contributed by atoms with Gasteiger partial charge in [0.25, 0.3) is 0 Å². The van der Waals surface area contributed by atoms with Crippen LogP contribution in [0.25, 0.3) is 0 Å². The van der Waals surface area contributed by atoms with Crippen LogP contribution in [0.4, 0.5) is 5.69 Å². The molecule has 2 aromatic rings. The van der Waals surface area contributed by atoms with Crippen molar-refractivity contribution in [2.75, 3.05) is 18.6 Å². The molecular formula is C19H22N2O4S. The Morgan fingerprint density at radius 2 is 1.77 bits per heavy atom. The summed E-state index contributed by atoms with van der Waals surface area (Å²) >= 11 is 0. The highest BCUT2D eigenvalue weighted by Gasteiger charge is 2.33. The fourth-order valence-electron chi connectivity index (χ4n) is 2.97.